The second-order valence-electron chi connectivity index (χ2n) is 4.25. The molecule has 4 nitrogen and oxygen atoms in total. The highest BCUT2D eigenvalue weighted by Gasteiger charge is 2.26. The van der Waals surface area contributed by atoms with Crippen LogP contribution in [-0.2, 0) is 0 Å². The van der Waals surface area contributed by atoms with Crippen LogP contribution in [0.25, 0.3) is 0 Å². The second-order valence-corrected chi connectivity index (χ2v) is 4.25. The Morgan fingerprint density at radius 2 is 0.733 bits per heavy atom. The van der Waals surface area contributed by atoms with Crippen LogP contribution in [0.2, 0.25) is 0 Å². The molecule has 0 atom stereocenters. The lowest BCUT2D eigenvalue weighted by Crippen LogP contribution is -2.37. The molecular weight excluding hydrogens is 196 g/mol. The molecule has 4 heteroatoms. The molecule has 0 spiro atoms. The maximum atomic E-state index is 8.50. The summed E-state index contributed by atoms with van der Waals surface area (Å²) in [5, 5.41) is 34.0. The zero-order valence-electron chi connectivity index (χ0n) is 9.36. The van der Waals surface area contributed by atoms with Crippen molar-refractivity contribution in [2.75, 3.05) is 26.4 Å². The minimum atomic E-state index is -1.11. The molecule has 1 saturated carbocycles. The van der Waals surface area contributed by atoms with Crippen LogP contribution in [0, 0.1) is 5.41 Å². The van der Waals surface area contributed by atoms with Crippen LogP contribution in [-0.4, -0.2) is 46.9 Å². The molecule has 0 aliphatic heterocycles. The van der Waals surface area contributed by atoms with Crippen LogP contribution in [0.4, 0.5) is 0 Å². The molecule has 0 heterocycles. The lowest BCUT2D eigenvalue weighted by Gasteiger charge is -2.23. The van der Waals surface area contributed by atoms with Gasteiger partial charge in [-0.2, -0.15) is 0 Å². The fourth-order valence-corrected chi connectivity index (χ4v) is 1.36. The van der Waals surface area contributed by atoms with Crippen molar-refractivity contribution >= 4 is 0 Å². The molecule has 1 aliphatic carbocycles. The normalized spacial score (nSPS) is 16.8. The highest BCUT2D eigenvalue weighted by molar-refractivity contribution is 4.74. The van der Waals surface area contributed by atoms with E-state index in [1.54, 1.807) is 0 Å². The predicted molar refractivity (Wildman–Crippen MR) is 58.5 cm³/mol. The molecule has 1 rings (SSSR count). The first-order valence-electron chi connectivity index (χ1n) is 5.68. The minimum absolute atomic E-state index is 0.406. The molecule has 1 aliphatic rings. The van der Waals surface area contributed by atoms with Gasteiger partial charge in [0.15, 0.2) is 0 Å². The number of rotatable bonds is 4. The molecule has 0 bridgehead atoms. The summed E-state index contributed by atoms with van der Waals surface area (Å²) in [6.07, 6.45) is 9.00. The van der Waals surface area contributed by atoms with E-state index in [0.29, 0.717) is 0 Å². The van der Waals surface area contributed by atoms with Gasteiger partial charge in [-0.3, -0.25) is 0 Å². The van der Waals surface area contributed by atoms with Gasteiger partial charge in [0.1, 0.15) is 0 Å². The van der Waals surface area contributed by atoms with Crippen LogP contribution in [0.3, 0.4) is 0 Å². The molecule has 15 heavy (non-hydrogen) atoms. The first kappa shape index (κ1) is 14.8. The molecule has 0 aromatic heterocycles. The summed E-state index contributed by atoms with van der Waals surface area (Å²) in [5.74, 6) is 0. The minimum Gasteiger partial charge on any atom is -0.396 e. The van der Waals surface area contributed by atoms with Gasteiger partial charge >= 0.3 is 0 Å². The first-order chi connectivity index (χ1) is 7.24. The summed E-state index contributed by atoms with van der Waals surface area (Å²) in [6.45, 7) is -1.62. The van der Waals surface area contributed by atoms with Gasteiger partial charge in [0, 0.05) is 0 Å². The van der Waals surface area contributed by atoms with E-state index < -0.39 is 31.8 Å². The zero-order valence-corrected chi connectivity index (χ0v) is 9.36. The molecule has 0 radical (unpaired) electrons. The van der Waals surface area contributed by atoms with Crippen molar-refractivity contribution in [3.05, 3.63) is 0 Å². The van der Waals surface area contributed by atoms with Crippen molar-refractivity contribution in [3.8, 4) is 0 Å². The van der Waals surface area contributed by atoms with Gasteiger partial charge in [-0.15, -0.1) is 0 Å². The number of hydrogen-bond donors (Lipinski definition) is 4. The summed E-state index contributed by atoms with van der Waals surface area (Å²) in [7, 11) is 0. The first-order valence-corrected chi connectivity index (χ1v) is 5.68. The lowest BCUT2D eigenvalue weighted by atomic mass is 9.93. The second kappa shape index (κ2) is 9.09. The van der Waals surface area contributed by atoms with E-state index >= 15 is 0 Å². The third-order valence-electron chi connectivity index (χ3n) is 2.84. The monoisotopic (exact) mass is 220 g/mol. The van der Waals surface area contributed by atoms with E-state index in [0.717, 1.165) is 0 Å². The summed E-state index contributed by atoms with van der Waals surface area (Å²) in [4.78, 5) is 0. The van der Waals surface area contributed by atoms with Gasteiger partial charge in [0.05, 0.1) is 31.8 Å². The van der Waals surface area contributed by atoms with E-state index in [4.69, 9.17) is 20.4 Å². The van der Waals surface area contributed by atoms with Crippen molar-refractivity contribution in [3.63, 3.8) is 0 Å². The van der Waals surface area contributed by atoms with Gasteiger partial charge < -0.3 is 20.4 Å². The van der Waals surface area contributed by atoms with E-state index in [2.05, 4.69) is 0 Å². The van der Waals surface area contributed by atoms with Crippen LogP contribution in [0.1, 0.15) is 38.5 Å². The van der Waals surface area contributed by atoms with Crippen LogP contribution < -0.4 is 0 Å². The molecular formula is C11H24O4. The Hall–Kier alpha value is -0.160. The van der Waals surface area contributed by atoms with Gasteiger partial charge in [0.2, 0.25) is 0 Å². The highest BCUT2D eigenvalue weighted by atomic mass is 16.3. The Balaban J connectivity index is 0.000000280. The van der Waals surface area contributed by atoms with Crippen molar-refractivity contribution in [1.82, 2.24) is 0 Å². The fourth-order valence-electron chi connectivity index (χ4n) is 1.36. The molecule has 1 fully saturated rings. The molecule has 0 unspecified atom stereocenters. The third kappa shape index (κ3) is 6.10. The van der Waals surface area contributed by atoms with Crippen molar-refractivity contribution in [2.24, 2.45) is 5.41 Å². The fraction of sp³-hybridized carbons (Fsp3) is 1.00. The number of hydrogen-bond acceptors (Lipinski definition) is 4. The summed E-state index contributed by atoms with van der Waals surface area (Å²) >= 11 is 0. The average molecular weight is 220 g/mol. The Morgan fingerprint density at radius 3 is 0.800 bits per heavy atom. The van der Waals surface area contributed by atoms with Gasteiger partial charge in [-0.05, 0) is 0 Å². The van der Waals surface area contributed by atoms with Gasteiger partial charge in [-0.1, -0.05) is 38.5 Å². The predicted octanol–water partition coefficient (Wildman–Crippen LogP) is 0.283. The summed E-state index contributed by atoms with van der Waals surface area (Å²) in [5.41, 5.74) is -1.11. The largest absolute Gasteiger partial charge is 0.396 e. The van der Waals surface area contributed by atoms with Crippen molar-refractivity contribution in [1.29, 1.82) is 0 Å². The zero-order chi connectivity index (χ0) is 11.6. The molecule has 0 amide bonds. The molecule has 4 N–H and O–H groups in total. The molecule has 0 aromatic rings. The Morgan fingerprint density at radius 1 is 0.533 bits per heavy atom. The summed E-state index contributed by atoms with van der Waals surface area (Å²) in [6, 6.07) is 0. The van der Waals surface area contributed by atoms with E-state index in [-0.39, 0.29) is 0 Å². The van der Waals surface area contributed by atoms with Crippen LogP contribution >= 0.6 is 0 Å². The third-order valence-corrected chi connectivity index (χ3v) is 2.84. The topological polar surface area (TPSA) is 80.9 Å². The Labute approximate surface area is 91.6 Å². The highest BCUT2D eigenvalue weighted by Crippen LogP contribution is 2.15. The molecule has 92 valence electrons. The van der Waals surface area contributed by atoms with Gasteiger partial charge in [0.25, 0.3) is 0 Å². The van der Waals surface area contributed by atoms with E-state index in [1.807, 2.05) is 0 Å². The van der Waals surface area contributed by atoms with E-state index in [1.165, 1.54) is 38.5 Å². The molecule has 0 saturated heterocycles. The number of aliphatic hydroxyl groups is 4. The van der Waals surface area contributed by atoms with Crippen LogP contribution in [0.15, 0.2) is 0 Å². The Kier molecular flexibility index (Phi) is 9.00. The van der Waals surface area contributed by atoms with Crippen molar-refractivity contribution in [2.45, 2.75) is 38.5 Å². The Bertz CT molecular complexity index is 102. The maximum Gasteiger partial charge on any atom is 0.0627 e. The molecule has 0 aromatic carbocycles. The number of aliphatic hydroxyl groups excluding tert-OH is 4. The quantitative estimate of drug-likeness (QED) is 0.548. The average Bonchev–Trinajstić information content (AvgIpc) is 2.36. The SMILES string of the molecule is C1CCCCC1.OCC(CO)(CO)CO. The van der Waals surface area contributed by atoms with Crippen LogP contribution in [0.5, 0.6) is 0 Å². The standard InChI is InChI=1S/C6H12.C5H12O4/c1-2-4-6-5-3-1;6-1-5(2-7,3-8)4-9/h1-6H2;6-9H,1-4H2. The smallest absolute Gasteiger partial charge is 0.0627 e. The van der Waals surface area contributed by atoms with Crippen molar-refractivity contribution < 1.29 is 20.4 Å². The summed E-state index contributed by atoms with van der Waals surface area (Å²) < 4.78 is 0. The van der Waals surface area contributed by atoms with Gasteiger partial charge in [-0.25, -0.2) is 0 Å². The van der Waals surface area contributed by atoms with E-state index in [9.17, 15) is 0 Å². The lowest BCUT2D eigenvalue weighted by molar-refractivity contribution is -0.0328. The maximum absolute atomic E-state index is 8.50.